The van der Waals surface area contributed by atoms with Crippen LogP contribution in [0.25, 0.3) is 10.9 Å². The van der Waals surface area contributed by atoms with E-state index >= 15 is 0 Å². The van der Waals surface area contributed by atoms with Crippen LogP contribution in [0.3, 0.4) is 0 Å². The number of aromatic amines is 1. The Hall–Kier alpha value is -2.60. The van der Waals surface area contributed by atoms with Gasteiger partial charge >= 0.3 is 5.97 Å². The zero-order chi connectivity index (χ0) is 15.0. The van der Waals surface area contributed by atoms with Gasteiger partial charge in [0.05, 0.1) is 16.1 Å². The fraction of sp³-hybridized carbons (Fsp3) is 0.0667. The van der Waals surface area contributed by atoms with Crippen molar-refractivity contribution in [2.45, 2.75) is 6.92 Å². The van der Waals surface area contributed by atoms with Gasteiger partial charge in [-0.3, -0.25) is 4.79 Å². The number of hydrogen-bond donors (Lipinski definition) is 3. The highest BCUT2D eigenvalue weighted by Gasteiger charge is 2.16. The molecule has 5 nitrogen and oxygen atoms in total. The second-order valence-corrected chi connectivity index (χ2v) is 5.68. The summed E-state index contributed by atoms with van der Waals surface area (Å²) in [6.45, 7) is 1.71. The van der Waals surface area contributed by atoms with E-state index in [4.69, 9.17) is 5.11 Å². The predicted molar refractivity (Wildman–Crippen MR) is 82.3 cm³/mol. The average Bonchev–Trinajstić information content (AvgIpc) is 3.04. The molecule has 0 aliphatic rings. The maximum absolute atomic E-state index is 12.3. The topological polar surface area (TPSA) is 82.2 Å². The molecule has 0 fully saturated rings. The first-order valence-corrected chi connectivity index (χ1v) is 7.09. The third kappa shape index (κ3) is 2.41. The summed E-state index contributed by atoms with van der Waals surface area (Å²) in [5.41, 5.74) is 1.93. The average molecular weight is 300 g/mol. The van der Waals surface area contributed by atoms with Gasteiger partial charge in [-0.1, -0.05) is 12.1 Å². The monoisotopic (exact) mass is 300 g/mol. The van der Waals surface area contributed by atoms with Crippen LogP contribution in [0.1, 0.15) is 25.6 Å². The van der Waals surface area contributed by atoms with E-state index in [2.05, 4.69) is 10.3 Å². The van der Waals surface area contributed by atoms with Gasteiger partial charge in [0, 0.05) is 11.6 Å². The minimum Gasteiger partial charge on any atom is -0.477 e. The Balaban J connectivity index is 1.91. The van der Waals surface area contributed by atoms with Crippen molar-refractivity contribution in [3.8, 4) is 0 Å². The van der Waals surface area contributed by atoms with Crippen LogP contribution in [0, 0.1) is 6.92 Å². The van der Waals surface area contributed by atoms with E-state index < -0.39 is 5.97 Å². The Labute approximate surface area is 124 Å². The molecule has 1 aromatic carbocycles. The van der Waals surface area contributed by atoms with E-state index in [9.17, 15) is 9.59 Å². The molecule has 2 aromatic heterocycles. The quantitative estimate of drug-likeness (QED) is 0.692. The number of para-hydroxylation sites is 1. The van der Waals surface area contributed by atoms with E-state index in [1.54, 1.807) is 25.3 Å². The van der Waals surface area contributed by atoms with Crippen LogP contribution in [0.15, 0.2) is 36.5 Å². The Kier molecular flexibility index (Phi) is 3.23. The lowest BCUT2D eigenvalue weighted by atomic mass is 10.1. The molecule has 3 aromatic rings. The molecule has 0 aliphatic heterocycles. The summed E-state index contributed by atoms with van der Waals surface area (Å²) in [5, 5.41) is 13.3. The van der Waals surface area contributed by atoms with Crippen LogP contribution in [0.5, 0.6) is 0 Å². The van der Waals surface area contributed by atoms with Gasteiger partial charge in [0.1, 0.15) is 4.88 Å². The number of fused-ring (bicyclic) bond motifs is 1. The summed E-state index contributed by atoms with van der Waals surface area (Å²) in [6, 6.07) is 9.02. The molecule has 3 rings (SSSR count). The van der Waals surface area contributed by atoms with Crippen molar-refractivity contribution in [1.29, 1.82) is 0 Å². The van der Waals surface area contributed by atoms with Gasteiger partial charge in [0.15, 0.2) is 0 Å². The first-order valence-electron chi connectivity index (χ1n) is 6.27. The minimum absolute atomic E-state index is 0.239. The molecule has 0 spiro atoms. The van der Waals surface area contributed by atoms with E-state index in [1.807, 2.05) is 18.2 Å². The summed E-state index contributed by atoms with van der Waals surface area (Å²) in [7, 11) is 0. The van der Waals surface area contributed by atoms with Crippen molar-refractivity contribution in [1.82, 2.24) is 4.98 Å². The molecule has 0 saturated carbocycles. The number of rotatable bonds is 3. The first-order chi connectivity index (χ1) is 10.1. The fourth-order valence-corrected chi connectivity index (χ4v) is 3.12. The molecule has 0 saturated heterocycles. The van der Waals surface area contributed by atoms with Gasteiger partial charge in [-0.15, -0.1) is 11.3 Å². The SMILES string of the molecule is Cc1cc(NC(=O)c2cccc3cc[nH]c23)sc1C(=O)O. The molecule has 106 valence electrons. The molecule has 0 bridgehead atoms. The van der Waals surface area contributed by atoms with E-state index in [-0.39, 0.29) is 10.8 Å². The number of aromatic nitrogens is 1. The molecule has 0 unspecified atom stereocenters. The molecule has 1 amide bonds. The van der Waals surface area contributed by atoms with Crippen LogP contribution in [0.4, 0.5) is 5.00 Å². The molecule has 0 aliphatic carbocycles. The van der Waals surface area contributed by atoms with Crippen LogP contribution in [-0.4, -0.2) is 22.0 Å². The highest BCUT2D eigenvalue weighted by Crippen LogP contribution is 2.27. The lowest BCUT2D eigenvalue weighted by molar-refractivity contribution is 0.0701. The number of carbonyl (C=O) groups excluding carboxylic acids is 1. The summed E-state index contributed by atoms with van der Waals surface area (Å²) in [5.74, 6) is -1.24. The lowest BCUT2D eigenvalue weighted by Crippen LogP contribution is -2.11. The zero-order valence-corrected chi connectivity index (χ0v) is 12.0. The number of benzene rings is 1. The van der Waals surface area contributed by atoms with Crippen molar-refractivity contribution < 1.29 is 14.7 Å². The van der Waals surface area contributed by atoms with Crippen molar-refractivity contribution in [3.63, 3.8) is 0 Å². The number of aromatic carboxylic acids is 1. The lowest BCUT2D eigenvalue weighted by Gasteiger charge is -2.03. The third-order valence-electron chi connectivity index (χ3n) is 3.18. The maximum Gasteiger partial charge on any atom is 0.346 e. The van der Waals surface area contributed by atoms with Gasteiger partial charge in [-0.05, 0) is 30.7 Å². The molecule has 0 radical (unpaired) electrons. The first kappa shape index (κ1) is 13.4. The number of aryl methyl sites for hydroxylation is 1. The molecule has 0 atom stereocenters. The Morgan fingerprint density at radius 3 is 2.81 bits per heavy atom. The van der Waals surface area contributed by atoms with Gasteiger partial charge < -0.3 is 15.4 Å². The minimum atomic E-state index is -0.982. The largest absolute Gasteiger partial charge is 0.477 e. The van der Waals surface area contributed by atoms with Crippen LogP contribution >= 0.6 is 11.3 Å². The van der Waals surface area contributed by atoms with Crippen molar-refractivity contribution in [3.05, 3.63) is 52.5 Å². The van der Waals surface area contributed by atoms with Gasteiger partial charge in [-0.25, -0.2) is 4.79 Å². The molecule has 6 heteroatoms. The number of nitrogens with one attached hydrogen (secondary N) is 2. The van der Waals surface area contributed by atoms with Gasteiger partial charge in [0.2, 0.25) is 0 Å². The standard InChI is InChI=1S/C15H12N2O3S/c1-8-7-11(21-13(8)15(19)20)17-14(18)10-4-2-3-9-5-6-16-12(9)10/h2-7,16H,1H3,(H,17,18)(H,19,20). The zero-order valence-electron chi connectivity index (χ0n) is 11.1. The van der Waals surface area contributed by atoms with Crippen LogP contribution < -0.4 is 5.32 Å². The molecule has 2 heterocycles. The summed E-state index contributed by atoms with van der Waals surface area (Å²) >= 11 is 1.06. The van der Waals surface area contributed by atoms with E-state index in [1.165, 1.54) is 0 Å². The Morgan fingerprint density at radius 1 is 1.29 bits per heavy atom. The number of carbonyl (C=O) groups is 2. The fourth-order valence-electron chi connectivity index (χ4n) is 2.21. The van der Waals surface area contributed by atoms with Crippen molar-refractivity contribution >= 4 is 39.1 Å². The highest BCUT2D eigenvalue weighted by atomic mass is 32.1. The predicted octanol–water partition coefficient (Wildman–Crippen LogP) is 3.49. The summed E-state index contributed by atoms with van der Waals surface area (Å²) in [6.07, 6.45) is 1.78. The van der Waals surface area contributed by atoms with Crippen molar-refractivity contribution in [2.24, 2.45) is 0 Å². The second-order valence-electron chi connectivity index (χ2n) is 4.63. The molecular weight excluding hydrogens is 288 g/mol. The number of hydrogen-bond acceptors (Lipinski definition) is 3. The molecular formula is C15H12N2O3S. The number of H-pyrrole nitrogens is 1. The highest BCUT2D eigenvalue weighted by molar-refractivity contribution is 7.18. The third-order valence-corrected chi connectivity index (χ3v) is 4.32. The number of anilines is 1. The molecule has 3 N–H and O–H groups in total. The van der Waals surface area contributed by atoms with Crippen LogP contribution in [0.2, 0.25) is 0 Å². The Bertz CT molecular complexity index is 848. The van der Waals surface area contributed by atoms with Crippen LogP contribution in [-0.2, 0) is 0 Å². The summed E-state index contributed by atoms with van der Waals surface area (Å²) < 4.78 is 0. The van der Waals surface area contributed by atoms with Gasteiger partial charge in [0.25, 0.3) is 5.91 Å². The number of carboxylic acids is 1. The van der Waals surface area contributed by atoms with E-state index in [0.717, 1.165) is 22.2 Å². The van der Waals surface area contributed by atoms with Gasteiger partial charge in [-0.2, -0.15) is 0 Å². The number of amides is 1. The Morgan fingerprint density at radius 2 is 2.10 bits per heavy atom. The number of thiophene rings is 1. The summed E-state index contributed by atoms with van der Waals surface area (Å²) in [4.78, 5) is 26.6. The maximum atomic E-state index is 12.3. The number of carboxylic acid groups (broad SMARTS) is 1. The second kappa shape index (κ2) is 5.06. The molecule has 21 heavy (non-hydrogen) atoms. The van der Waals surface area contributed by atoms with Crippen molar-refractivity contribution in [2.75, 3.05) is 5.32 Å². The van der Waals surface area contributed by atoms with E-state index in [0.29, 0.717) is 16.1 Å². The normalized spacial score (nSPS) is 10.7. The smallest absolute Gasteiger partial charge is 0.346 e.